The quantitative estimate of drug-likeness (QED) is 0.548. The first-order valence-electron chi connectivity index (χ1n) is 6.75. The number of para-hydroxylation sites is 1. The molecule has 1 aliphatic rings. The van der Waals surface area contributed by atoms with Crippen LogP contribution in [0.25, 0.3) is 0 Å². The number of nitrogens with zero attached hydrogens (tertiary/aromatic N) is 2. The van der Waals surface area contributed by atoms with Crippen LogP contribution in [-0.2, 0) is 6.42 Å². The van der Waals surface area contributed by atoms with Crippen molar-refractivity contribution in [1.29, 1.82) is 0 Å². The molecule has 0 aromatic heterocycles. The van der Waals surface area contributed by atoms with Crippen LogP contribution in [-0.4, -0.2) is 41.6 Å². The van der Waals surface area contributed by atoms with Gasteiger partial charge in [0.05, 0.1) is 11.3 Å². The van der Waals surface area contributed by atoms with E-state index >= 15 is 0 Å². The van der Waals surface area contributed by atoms with Crippen molar-refractivity contribution >= 4 is 17.6 Å². The van der Waals surface area contributed by atoms with Crippen molar-refractivity contribution in [2.45, 2.75) is 19.3 Å². The highest BCUT2D eigenvalue weighted by atomic mass is 16.4. The van der Waals surface area contributed by atoms with Crippen LogP contribution in [0.5, 0.6) is 0 Å². The fraction of sp³-hybridized carbons (Fsp3) is 0.429. The van der Waals surface area contributed by atoms with Gasteiger partial charge in [-0.15, -0.1) is 0 Å². The molecular weight excluding hydrogens is 256 g/mol. The van der Waals surface area contributed by atoms with Crippen LogP contribution in [0.2, 0.25) is 0 Å². The number of carboxylic acids is 1. The highest BCUT2D eigenvalue weighted by molar-refractivity contribution is 5.96. The first kappa shape index (κ1) is 14.3. The maximum absolute atomic E-state index is 11.3. The van der Waals surface area contributed by atoms with E-state index in [-0.39, 0.29) is 11.5 Å². The van der Waals surface area contributed by atoms with Gasteiger partial charge in [-0.2, -0.15) is 0 Å². The Morgan fingerprint density at radius 3 is 2.60 bits per heavy atom. The smallest absolute Gasteiger partial charge is 0.337 e. The molecule has 1 aliphatic heterocycles. The lowest BCUT2D eigenvalue weighted by atomic mass is 10.0. The summed E-state index contributed by atoms with van der Waals surface area (Å²) in [5.41, 5.74) is 12.2. The first-order chi connectivity index (χ1) is 9.58. The molecular formula is C14H20N4O2. The van der Waals surface area contributed by atoms with Crippen molar-refractivity contribution in [1.82, 2.24) is 4.90 Å². The summed E-state index contributed by atoms with van der Waals surface area (Å²) < 4.78 is 0. The van der Waals surface area contributed by atoms with Gasteiger partial charge in [-0.25, -0.2) is 9.79 Å². The van der Waals surface area contributed by atoms with E-state index in [0.29, 0.717) is 5.69 Å². The number of hydrogen-bond donors (Lipinski definition) is 3. The third-order valence-corrected chi connectivity index (χ3v) is 3.49. The number of aromatic carboxylic acids is 1. The molecule has 0 unspecified atom stereocenters. The molecule has 20 heavy (non-hydrogen) atoms. The molecule has 2 rings (SSSR count). The van der Waals surface area contributed by atoms with Gasteiger partial charge in [-0.3, -0.25) is 0 Å². The summed E-state index contributed by atoms with van der Waals surface area (Å²) in [7, 11) is 0. The Balaban J connectivity index is 2.23. The Bertz CT molecular complexity index is 518. The van der Waals surface area contributed by atoms with Crippen LogP contribution >= 0.6 is 0 Å². The van der Waals surface area contributed by atoms with Crippen LogP contribution in [0.4, 0.5) is 5.69 Å². The first-order valence-corrected chi connectivity index (χ1v) is 6.75. The van der Waals surface area contributed by atoms with Gasteiger partial charge in [-0.1, -0.05) is 12.1 Å². The van der Waals surface area contributed by atoms with Gasteiger partial charge in [0, 0.05) is 6.54 Å². The van der Waals surface area contributed by atoms with Crippen molar-refractivity contribution < 1.29 is 9.90 Å². The van der Waals surface area contributed by atoms with Crippen molar-refractivity contribution in [2.24, 2.45) is 16.5 Å². The van der Waals surface area contributed by atoms with E-state index in [1.54, 1.807) is 6.07 Å². The number of guanidine groups is 1. The Kier molecular flexibility index (Phi) is 4.57. The van der Waals surface area contributed by atoms with E-state index in [1.807, 2.05) is 6.07 Å². The third-order valence-electron chi connectivity index (χ3n) is 3.49. The second-order valence-electron chi connectivity index (χ2n) is 4.95. The zero-order chi connectivity index (χ0) is 14.5. The lowest BCUT2D eigenvalue weighted by molar-refractivity contribution is 0.0697. The number of nitrogens with two attached hydrogens (primary N) is 2. The van der Waals surface area contributed by atoms with E-state index < -0.39 is 5.97 Å². The number of aliphatic imine (C=N–C) groups is 1. The molecule has 5 N–H and O–H groups in total. The highest BCUT2D eigenvalue weighted by Gasteiger charge is 2.16. The third kappa shape index (κ3) is 3.48. The normalized spacial score (nSPS) is 15.2. The molecule has 1 fully saturated rings. The lowest BCUT2D eigenvalue weighted by Crippen LogP contribution is -2.23. The summed E-state index contributed by atoms with van der Waals surface area (Å²) in [5.74, 6) is -1.14. The zero-order valence-electron chi connectivity index (χ0n) is 11.4. The minimum atomic E-state index is -1.02. The van der Waals surface area contributed by atoms with Crippen LogP contribution in [0, 0.1) is 0 Å². The number of benzene rings is 1. The molecule has 1 heterocycles. The van der Waals surface area contributed by atoms with Gasteiger partial charge >= 0.3 is 5.97 Å². The molecule has 1 aromatic rings. The zero-order valence-corrected chi connectivity index (χ0v) is 11.4. The van der Waals surface area contributed by atoms with Gasteiger partial charge in [0.15, 0.2) is 5.96 Å². The Morgan fingerprint density at radius 2 is 2.00 bits per heavy atom. The van der Waals surface area contributed by atoms with Gasteiger partial charge in [0.1, 0.15) is 0 Å². The van der Waals surface area contributed by atoms with E-state index in [9.17, 15) is 9.90 Å². The Morgan fingerprint density at radius 1 is 1.30 bits per heavy atom. The minimum Gasteiger partial charge on any atom is -0.478 e. The van der Waals surface area contributed by atoms with Gasteiger partial charge in [0.2, 0.25) is 0 Å². The number of carbonyl (C=O) groups is 1. The summed E-state index contributed by atoms with van der Waals surface area (Å²) in [6.45, 7) is 3.11. The second kappa shape index (κ2) is 6.38. The number of rotatable bonds is 5. The monoisotopic (exact) mass is 276 g/mol. The predicted molar refractivity (Wildman–Crippen MR) is 78.2 cm³/mol. The molecule has 0 aliphatic carbocycles. The maximum atomic E-state index is 11.3. The van der Waals surface area contributed by atoms with Crippen LogP contribution in [0.1, 0.15) is 28.8 Å². The van der Waals surface area contributed by atoms with E-state index in [0.717, 1.165) is 31.6 Å². The van der Waals surface area contributed by atoms with Gasteiger partial charge in [-0.05, 0) is 44.0 Å². The molecule has 0 radical (unpaired) electrons. The minimum absolute atomic E-state index is 0.124. The average Bonchev–Trinajstić information content (AvgIpc) is 2.89. The largest absolute Gasteiger partial charge is 0.478 e. The van der Waals surface area contributed by atoms with Crippen molar-refractivity contribution in [3.8, 4) is 0 Å². The molecule has 0 spiro atoms. The average molecular weight is 276 g/mol. The molecule has 1 aromatic carbocycles. The predicted octanol–water partition coefficient (Wildman–Crippen LogP) is 0.928. The second-order valence-corrected chi connectivity index (χ2v) is 4.95. The van der Waals surface area contributed by atoms with E-state index in [4.69, 9.17) is 11.5 Å². The highest BCUT2D eigenvalue weighted by Crippen LogP contribution is 2.25. The molecule has 1 saturated heterocycles. The fourth-order valence-electron chi connectivity index (χ4n) is 2.51. The summed E-state index contributed by atoms with van der Waals surface area (Å²) in [6.07, 6.45) is 3.21. The summed E-state index contributed by atoms with van der Waals surface area (Å²) >= 11 is 0. The summed E-state index contributed by atoms with van der Waals surface area (Å²) in [6, 6.07) is 5.13. The SMILES string of the molecule is NC(N)=Nc1c(CCN2CCCC2)cccc1C(=O)O. The number of likely N-dealkylation sites (tertiary alicyclic amines) is 1. The fourth-order valence-corrected chi connectivity index (χ4v) is 2.51. The van der Waals surface area contributed by atoms with Crippen LogP contribution < -0.4 is 11.5 Å². The molecule has 6 nitrogen and oxygen atoms in total. The van der Waals surface area contributed by atoms with Gasteiger partial charge in [0.25, 0.3) is 0 Å². The van der Waals surface area contributed by atoms with Crippen LogP contribution in [0.3, 0.4) is 0 Å². The van der Waals surface area contributed by atoms with Gasteiger partial charge < -0.3 is 21.5 Å². The molecule has 0 atom stereocenters. The Hall–Kier alpha value is -2.08. The topological polar surface area (TPSA) is 105 Å². The van der Waals surface area contributed by atoms with Crippen LogP contribution in [0.15, 0.2) is 23.2 Å². The van der Waals surface area contributed by atoms with E-state index in [1.165, 1.54) is 18.9 Å². The molecule has 0 bridgehead atoms. The standard InChI is InChI=1S/C14H20N4O2/c15-14(16)17-12-10(4-3-5-11(12)13(19)20)6-9-18-7-1-2-8-18/h3-5H,1-2,6-9H2,(H,19,20)(H4,15,16,17). The molecule has 0 saturated carbocycles. The van der Waals surface area contributed by atoms with Crippen molar-refractivity contribution in [2.75, 3.05) is 19.6 Å². The van der Waals surface area contributed by atoms with Crippen molar-refractivity contribution in [3.05, 3.63) is 29.3 Å². The molecule has 0 amide bonds. The Labute approximate surface area is 118 Å². The summed E-state index contributed by atoms with van der Waals surface area (Å²) in [4.78, 5) is 17.6. The summed E-state index contributed by atoms with van der Waals surface area (Å²) in [5, 5.41) is 9.22. The number of hydrogen-bond acceptors (Lipinski definition) is 3. The maximum Gasteiger partial charge on any atom is 0.337 e. The molecule has 108 valence electrons. The van der Waals surface area contributed by atoms with Crippen molar-refractivity contribution in [3.63, 3.8) is 0 Å². The molecule has 6 heteroatoms. The van der Waals surface area contributed by atoms with E-state index in [2.05, 4.69) is 9.89 Å². The number of carboxylic acid groups (broad SMARTS) is 1. The lowest BCUT2D eigenvalue weighted by Gasteiger charge is -2.15.